The molecular weight excluding hydrogens is 232 g/mol. The molecule has 0 saturated heterocycles. The minimum Gasteiger partial charge on any atom is -0.300 e. The second-order valence-corrected chi connectivity index (χ2v) is 9.24. The third-order valence-corrected chi connectivity index (χ3v) is 3.46. The summed E-state index contributed by atoms with van der Waals surface area (Å²) in [7, 11) is -4.63. The van der Waals surface area contributed by atoms with E-state index < -0.39 is 13.4 Å². The fourth-order valence-corrected chi connectivity index (χ4v) is 3.26. The van der Waals surface area contributed by atoms with E-state index >= 15 is 0 Å². The highest BCUT2D eigenvalue weighted by Crippen LogP contribution is 2.80. The molecule has 4 nitrogen and oxygen atoms in total. The summed E-state index contributed by atoms with van der Waals surface area (Å²) in [5, 5.41) is 0. The quantitative estimate of drug-likeness (QED) is 0.720. The SMILES string of the molecule is O=P(O)(O)O[P+](Cl)(Cl)Cl. The van der Waals surface area contributed by atoms with Crippen LogP contribution >= 0.6 is 47.1 Å². The average molecular weight is 234 g/mol. The highest BCUT2D eigenvalue weighted by molar-refractivity contribution is 8.31. The molecular formula is H2Cl3O4P2+. The van der Waals surface area contributed by atoms with Crippen molar-refractivity contribution >= 4 is 47.1 Å². The molecule has 0 aromatic carbocycles. The van der Waals surface area contributed by atoms with Crippen molar-refractivity contribution in [3.63, 3.8) is 0 Å². The van der Waals surface area contributed by atoms with E-state index in [4.69, 9.17) is 43.5 Å². The zero-order chi connectivity index (χ0) is 7.71. The van der Waals surface area contributed by atoms with E-state index in [1.54, 1.807) is 0 Å². The molecule has 0 rings (SSSR count). The number of hydrogen-bond donors (Lipinski definition) is 2. The molecule has 0 spiro atoms. The Morgan fingerprint density at radius 3 is 1.67 bits per heavy atom. The standard InChI is InChI=1S/Cl3HO4P2/c1-8(2,3)7-9(4,5)6/h(H-,4,5,6)/p+1. The van der Waals surface area contributed by atoms with Gasteiger partial charge in [0.1, 0.15) is 0 Å². The van der Waals surface area contributed by atoms with Crippen molar-refractivity contribution in [3.05, 3.63) is 0 Å². The van der Waals surface area contributed by atoms with Crippen molar-refractivity contribution in [3.8, 4) is 0 Å². The van der Waals surface area contributed by atoms with Crippen molar-refractivity contribution in [2.75, 3.05) is 0 Å². The van der Waals surface area contributed by atoms with Crippen LogP contribution < -0.4 is 0 Å². The summed E-state index contributed by atoms with van der Waals surface area (Å²) >= 11 is 14.8. The molecule has 0 amide bonds. The highest BCUT2D eigenvalue weighted by atomic mass is 36.1. The van der Waals surface area contributed by atoms with Gasteiger partial charge in [-0.2, -0.15) is 0 Å². The minimum atomic E-state index is -4.63. The molecule has 0 radical (unpaired) electrons. The van der Waals surface area contributed by atoms with Crippen molar-refractivity contribution in [1.82, 2.24) is 0 Å². The lowest BCUT2D eigenvalue weighted by molar-refractivity contribution is 0.295. The number of halogens is 3. The van der Waals surface area contributed by atoms with Crippen LogP contribution in [-0.4, -0.2) is 9.79 Å². The molecule has 0 aliphatic heterocycles. The molecule has 0 aliphatic rings. The molecule has 0 aliphatic carbocycles. The Balaban J connectivity index is 3.90. The van der Waals surface area contributed by atoms with Crippen molar-refractivity contribution in [1.29, 1.82) is 0 Å². The lowest BCUT2D eigenvalue weighted by Gasteiger charge is -1.99. The third-order valence-electron chi connectivity index (χ3n) is 0.199. The predicted molar refractivity (Wildman–Crippen MR) is 37.6 cm³/mol. The van der Waals surface area contributed by atoms with Crippen LogP contribution in [-0.2, 0) is 8.88 Å². The number of hydrogen-bond acceptors (Lipinski definition) is 2. The van der Waals surface area contributed by atoms with Crippen LogP contribution in [0.5, 0.6) is 0 Å². The first-order chi connectivity index (χ1) is 3.71. The summed E-state index contributed by atoms with van der Waals surface area (Å²) in [5.74, 6) is 0. The third kappa shape index (κ3) is 9.41. The Morgan fingerprint density at radius 2 is 1.67 bits per heavy atom. The molecule has 0 aromatic heterocycles. The first-order valence-corrected chi connectivity index (χ1v) is 7.41. The van der Waals surface area contributed by atoms with Gasteiger partial charge in [0.25, 0.3) is 0 Å². The van der Waals surface area contributed by atoms with Crippen molar-refractivity contribution < 1.29 is 18.7 Å². The van der Waals surface area contributed by atoms with Gasteiger partial charge in [0.2, 0.25) is 0 Å². The van der Waals surface area contributed by atoms with Gasteiger partial charge in [0.05, 0.1) is 0 Å². The maximum atomic E-state index is 9.89. The molecule has 9 heteroatoms. The van der Waals surface area contributed by atoms with Crippen molar-refractivity contribution in [2.24, 2.45) is 0 Å². The number of phosphoric acid groups is 1. The van der Waals surface area contributed by atoms with Gasteiger partial charge in [-0.25, -0.2) is 4.57 Å². The molecule has 0 bridgehead atoms. The predicted octanol–water partition coefficient (Wildman–Crippen LogP) is 2.49. The molecule has 0 aromatic rings. The van der Waals surface area contributed by atoms with Gasteiger partial charge in [-0.15, -0.1) is 0 Å². The van der Waals surface area contributed by atoms with Crippen LogP contribution in [0, 0.1) is 0 Å². The normalized spacial score (nSPS) is 13.9. The van der Waals surface area contributed by atoms with E-state index in [1.807, 2.05) is 0 Å². The molecule has 0 atom stereocenters. The monoisotopic (exact) mass is 233 g/mol. The summed E-state index contributed by atoms with van der Waals surface area (Å²) in [5.41, 5.74) is -3.38. The molecule has 0 saturated carbocycles. The van der Waals surface area contributed by atoms with Crippen LogP contribution in [0.3, 0.4) is 0 Å². The van der Waals surface area contributed by atoms with Gasteiger partial charge in [-0.05, 0) is 0 Å². The molecule has 0 fully saturated rings. The zero-order valence-electron chi connectivity index (χ0n) is 3.74. The summed E-state index contributed by atoms with van der Waals surface area (Å²) in [6.07, 6.45) is 0. The topological polar surface area (TPSA) is 66.8 Å². The maximum Gasteiger partial charge on any atom is 0.507 e. The first kappa shape index (κ1) is 10.4. The summed E-state index contributed by atoms with van der Waals surface area (Å²) in [6, 6.07) is 0. The van der Waals surface area contributed by atoms with Gasteiger partial charge in [0.15, 0.2) is 33.7 Å². The van der Waals surface area contributed by atoms with Crippen molar-refractivity contribution in [2.45, 2.75) is 0 Å². The Bertz CT molecular complexity index is 131. The van der Waals surface area contributed by atoms with E-state index in [0.29, 0.717) is 0 Å². The smallest absolute Gasteiger partial charge is 0.300 e. The van der Waals surface area contributed by atoms with Gasteiger partial charge >= 0.3 is 13.4 Å². The van der Waals surface area contributed by atoms with Gasteiger partial charge < -0.3 is 9.79 Å². The zero-order valence-corrected chi connectivity index (χ0v) is 7.80. The second kappa shape index (κ2) is 3.21. The Morgan fingerprint density at radius 1 is 1.33 bits per heavy atom. The van der Waals surface area contributed by atoms with Crippen LogP contribution in [0.4, 0.5) is 0 Å². The van der Waals surface area contributed by atoms with E-state index in [0.717, 1.165) is 0 Å². The van der Waals surface area contributed by atoms with Crippen LogP contribution in [0.15, 0.2) is 0 Å². The van der Waals surface area contributed by atoms with E-state index in [1.165, 1.54) is 0 Å². The summed E-state index contributed by atoms with van der Waals surface area (Å²) in [6.45, 7) is 0. The van der Waals surface area contributed by atoms with Gasteiger partial charge in [-0.1, -0.05) is 4.31 Å². The average Bonchev–Trinajstić information content (AvgIpc) is 1.14. The minimum absolute atomic E-state index is 3.38. The Hall–Kier alpha value is 1.41. The van der Waals surface area contributed by atoms with Gasteiger partial charge in [-0.3, -0.25) is 0 Å². The largest absolute Gasteiger partial charge is 0.507 e. The maximum absolute atomic E-state index is 9.89. The lowest BCUT2D eigenvalue weighted by atomic mass is 15.7. The van der Waals surface area contributed by atoms with E-state index in [-0.39, 0.29) is 0 Å². The molecule has 0 unspecified atom stereocenters. The van der Waals surface area contributed by atoms with Crippen LogP contribution in [0.25, 0.3) is 0 Å². The van der Waals surface area contributed by atoms with Crippen LogP contribution in [0.2, 0.25) is 0 Å². The Labute approximate surface area is 66.1 Å². The molecule has 2 N–H and O–H groups in total. The summed E-state index contributed by atoms with van der Waals surface area (Å²) in [4.78, 5) is 16.0. The second-order valence-electron chi connectivity index (χ2n) is 0.971. The lowest BCUT2D eigenvalue weighted by Crippen LogP contribution is -1.78. The molecule has 0 heterocycles. The highest BCUT2D eigenvalue weighted by Gasteiger charge is 2.44. The number of rotatable bonds is 2. The van der Waals surface area contributed by atoms with E-state index in [9.17, 15) is 4.57 Å². The van der Waals surface area contributed by atoms with Crippen LogP contribution in [0.1, 0.15) is 0 Å². The fraction of sp³-hybridized carbons (Fsp3) is 0. The molecule has 56 valence electrons. The van der Waals surface area contributed by atoms with E-state index in [2.05, 4.69) is 4.31 Å². The summed E-state index contributed by atoms with van der Waals surface area (Å²) < 4.78 is 13.6. The first-order valence-electron chi connectivity index (χ1n) is 1.45. The fourth-order valence-electron chi connectivity index (χ4n) is 0.121. The van der Waals surface area contributed by atoms with Gasteiger partial charge in [0, 0.05) is 0 Å². The molecule has 9 heavy (non-hydrogen) atoms. The Kier molecular flexibility index (Phi) is 3.71.